The van der Waals surface area contributed by atoms with Gasteiger partial charge in [-0.2, -0.15) is 0 Å². The van der Waals surface area contributed by atoms with Gasteiger partial charge < -0.3 is 143 Å². The summed E-state index contributed by atoms with van der Waals surface area (Å²) in [4.78, 5) is 0. The lowest BCUT2D eigenvalue weighted by atomic mass is 10.0. The van der Waals surface area contributed by atoms with E-state index in [1.165, 1.54) is 13.8 Å². The molecule has 0 fully saturated rings. The summed E-state index contributed by atoms with van der Waals surface area (Å²) in [7, 11) is 0. The van der Waals surface area contributed by atoms with Crippen molar-refractivity contribution < 1.29 is 143 Å². The monoisotopic (exact) mass is 878 g/mol. The van der Waals surface area contributed by atoms with E-state index in [1.54, 1.807) is 0 Å². The second-order valence-electron chi connectivity index (χ2n) is 12.4. The van der Waals surface area contributed by atoms with Crippen LogP contribution >= 0.6 is 0 Å². The smallest absolute Gasteiger partial charge is 0.111 e. The molecular weight excluding hydrogens is 808 g/mol. The second-order valence-corrected chi connectivity index (χ2v) is 12.4. The van der Waals surface area contributed by atoms with Crippen LogP contribution in [0.3, 0.4) is 0 Å². The highest BCUT2D eigenvalue weighted by Gasteiger charge is 2.32. The third-order valence-corrected chi connectivity index (χ3v) is 7.39. The fraction of sp³-hybridized carbons (Fsp3) is 1.00. The highest BCUT2D eigenvalue weighted by Crippen LogP contribution is 2.07. The van der Waals surface area contributed by atoms with E-state index in [9.17, 15) is 0 Å². The molecule has 0 aliphatic carbocycles. The van der Waals surface area contributed by atoms with Gasteiger partial charge in [-0.1, -0.05) is 0 Å². The Bertz CT molecular complexity index is 747. The molecule has 20 unspecified atom stereocenters. The molecule has 28 N–H and O–H groups in total. The van der Waals surface area contributed by atoms with Gasteiger partial charge in [0.25, 0.3) is 0 Å². The van der Waals surface area contributed by atoms with Gasteiger partial charge in [0, 0.05) is 0 Å². The van der Waals surface area contributed by atoms with Crippen molar-refractivity contribution in [1.29, 1.82) is 0 Å². The highest BCUT2D eigenvalue weighted by molar-refractivity contribution is 4.82. The summed E-state index contributed by atoms with van der Waals surface area (Å²) in [5.41, 5.74) is 0. The van der Waals surface area contributed by atoms with Crippen molar-refractivity contribution in [2.24, 2.45) is 0 Å². The minimum absolute atomic E-state index is 0.648. The van der Waals surface area contributed by atoms with Crippen LogP contribution in [0.4, 0.5) is 0 Å². The summed E-state index contributed by atoms with van der Waals surface area (Å²) < 4.78 is 0. The number of rotatable bonds is 23. The Morgan fingerprint density at radius 2 is 0.276 bits per heavy atom. The second kappa shape index (κ2) is 37.6. The average Bonchev–Trinajstić information content (AvgIpc) is 3.24. The normalized spacial score (nSPS) is 21.8. The zero-order chi connectivity index (χ0) is 47.2. The van der Waals surface area contributed by atoms with Crippen LogP contribution in [-0.2, 0) is 0 Å². The van der Waals surface area contributed by atoms with Crippen LogP contribution in [0.5, 0.6) is 0 Å². The van der Waals surface area contributed by atoms with Gasteiger partial charge in [0.2, 0.25) is 0 Å². The molecule has 20 atom stereocenters. The van der Waals surface area contributed by atoms with E-state index in [0.29, 0.717) is 0 Å². The van der Waals surface area contributed by atoms with E-state index in [1.807, 2.05) is 0 Å². The first-order valence-electron chi connectivity index (χ1n) is 17.1. The van der Waals surface area contributed by atoms with E-state index < -0.39 is 175 Å². The fourth-order valence-electron chi connectivity index (χ4n) is 3.26. The first-order valence-corrected chi connectivity index (χ1v) is 17.1. The van der Waals surface area contributed by atoms with Crippen molar-refractivity contribution in [3.8, 4) is 0 Å². The Morgan fingerprint density at radius 3 is 0.345 bits per heavy atom. The lowest BCUT2D eigenvalue weighted by molar-refractivity contribution is -0.123. The molecule has 28 nitrogen and oxygen atoms in total. The van der Waals surface area contributed by atoms with E-state index in [-0.39, 0.29) is 0 Å². The number of hydrogen-bond acceptors (Lipinski definition) is 28. The zero-order valence-corrected chi connectivity index (χ0v) is 31.7. The summed E-state index contributed by atoms with van der Waals surface area (Å²) in [6, 6.07) is 0. The van der Waals surface area contributed by atoms with Gasteiger partial charge in [-0.3, -0.25) is 0 Å². The van der Waals surface area contributed by atoms with Gasteiger partial charge in [0.05, 0.1) is 65.1 Å². The molecule has 0 aliphatic rings. The van der Waals surface area contributed by atoms with E-state index >= 15 is 0 Å². The van der Waals surface area contributed by atoms with E-state index in [0.717, 1.165) is 0 Å². The SMILES string of the molecule is CC(O)C(O)C(O)C(O)CO.CC(O)C(O)C(O)C(O)CO.OCC(O)C(O)C(O)C(O)CO.OCC(O)C(O)C(O)C(O)CO.OCC(O)C(O)C(O)C(O)CO. The van der Waals surface area contributed by atoms with Crippen LogP contribution < -0.4 is 0 Å². The molecule has 0 spiro atoms. The zero-order valence-electron chi connectivity index (χ0n) is 31.7. The molecule has 0 aromatic carbocycles. The summed E-state index contributed by atoms with van der Waals surface area (Å²) in [5.74, 6) is 0. The maximum Gasteiger partial charge on any atom is 0.111 e. The molecule has 0 rings (SSSR count). The Hall–Kier alpha value is -1.12. The van der Waals surface area contributed by atoms with Gasteiger partial charge in [0.1, 0.15) is 110 Å². The first-order chi connectivity index (χ1) is 26.6. The van der Waals surface area contributed by atoms with Crippen LogP contribution in [0.15, 0.2) is 0 Å². The summed E-state index contributed by atoms with van der Waals surface area (Å²) >= 11 is 0. The van der Waals surface area contributed by atoms with Crippen molar-refractivity contribution in [2.45, 2.75) is 136 Å². The number of aliphatic hydroxyl groups is 28. The van der Waals surface area contributed by atoms with Gasteiger partial charge in [-0.25, -0.2) is 0 Å². The Labute approximate surface area is 332 Å². The Balaban J connectivity index is -0.000000202. The molecule has 0 saturated carbocycles. The molecular formula is C30H70O28. The van der Waals surface area contributed by atoms with Crippen molar-refractivity contribution in [3.63, 3.8) is 0 Å². The highest BCUT2D eigenvalue weighted by atomic mass is 16.4. The quantitative estimate of drug-likeness (QED) is 0.0453. The van der Waals surface area contributed by atoms with Gasteiger partial charge >= 0.3 is 0 Å². The molecule has 0 amide bonds. The molecule has 358 valence electrons. The fourth-order valence-corrected chi connectivity index (χ4v) is 3.26. The van der Waals surface area contributed by atoms with Gasteiger partial charge in [-0.15, -0.1) is 0 Å². The Morgan fingerprint density at radius 1 is 0.190 bits per heavy atom. The van der Waals surface area contributed by atoms with Crippen LogP contribution in [0.25, 0.3) is 0 Å². The van der Waals surface area contributed by atoms with Gasteiger partial charge in [0.15, 0.2) is 0 Å². The van der Waals surface area contributed by atoms with Crippen molar-refractivity contribution in [3.05, 3.63) is 0 Å². The molecule has 0 heterocycles. The first kappa shape index (κ1) is 66.0. The molecule has 0 aromatic heterocycles. The third-order valence-electron chi connectivity index (χ3n) is 7.39. The van der Waals surface area contributed by atoms with Crippen molar-refractivity contribution in [2.75, 3.05) is 52.9 Å². The number of aliphatic hydroxyl groups excluding tert-OH is 28. The molecule has 0 saturated heterocycles. The Kier molecular flexibility index (Phi) is 42.8. The molecule has 28 heteroatoms. The number of hydrogen-bond donors (Lipinski definition) is 28. The summed E-state index contributed by atoms with van der Waals surface area (Å²) in [6.45, 7) is -3.10. The largest absolute Gasteiger partial charge is 0.394 e. The van der Waals surface area contributed by atoms with Crippen molar-refractivity contribution in [1.82, 2.24) is 0 Å². The lowest BCUT2D eigenvalue weighted by Crippen LogP contribution is -2.46. The standard InChI is InChI=1S/3C6H14O6.2C6H14O5/c3*7-1-3(9)5(11)6(12)4(10)2-8;2*1-3(8)5(10)6(11)4(9)2-7/h3*3-12H,1-2H2;2*3-11H,2H2,1H3. The van der Waals surface area contributed by atoms with Crippen LogP contribution in [0.1, 0.15) is 13.8 Å². The lowest BCUT2D eigenvalue weighted by Gasteiger charge is -2.24. The average molecular weight is 879 g/mol. The van der Waals surface area contributed by atoms with Crippen molar-refractivity contribution >= 4 is 0 Å². The minimum Gasteiger partial charge on any atom is -0.394 e. The molecule has 0 radical (unpaired) electrons. The molecule has 0 aliphatic heterocycles. The van der Waals surface area contributed by atoms with Gasteiger partial charge in [-0.05, 0) is 13.8 Å². The van der Waals surface area contributed by atoms with E-state index in [2.05, 4.69) is 0 Å². The van der Waals surface area contributed by atoms with E-state index in [4.69, 9.17) is 143 Å². The predicted molar refractivity (Wildman–Crippen MR) is 188 cm³/mol. The molecule has 0 aromatic rings. The minimum atomic E-state index is -1.67. The maximum absolute atomic E-state index is 8.96. The summed E-state index contributed by atoms with van der Waals surface area (Å²) in [5, 5.41) is 244. The van der Waals surface area contributed by atoms with Crippen LogP contribution in [-0.4, -0.2) is 318 Å². The summed E-state index contributed by atoms with van der Waals surface area (Å²) in [6.07, 6.45) is -30.2. The molecule has 58 heavy (non-hydrogen) atoms. The third kappa shape index (κ3) is 28.4. The maximum atomic E-state index is 8.96. The predicted octanol–water partition coefficient (Wildman–Crippen LogP) is -15.9. The van der Waals surface area contributed by atoms with Crippen LogP contribution in [0.2, 0.25) is 0 Å². The topological polar surface area (TPSA) is 566 Å². The van der Waals surface area contributed by atoms with Crippen LogP contribution in [0, 0.1) is 0 Å². The molecule has 0 bridgehead atoms.